The molecule has 0 amide bonds. The van der Waals surface area contributed by atoms with Gasteiger partial charge in [0.15, 0.2) is 0 Å². The maximum Gasteiger partial charge on any atom is 0.255 e. The van der Waals surface area contributed by atoms with E-state index in [0.29, 0.717) is 0 Å². The molecule has 1 heterocycles. The minimum absolute atomic E-state index is 0.162. The van der Waals surface area contributed by atoms with E-state index in [1.54, 1.807) is 0 Å². The molecule has 0 aromatic carbocycles. The molecule has 1 aromatic heterocycles. The Morgan fingerprint density at radius 3 is 1.00 bits per heavy atom. The lowest BCUT2D eigenvalue weighted by molar-refractivity contribution is 0.303. The maximum atomic E-state index is 3.75. The maximum absolute atomic E-state index is 3.75. The van der Waals surface area contributed by atoms with Crippen molar-refractivity contribution in [3.63, 3.8) is 0 Å². The number of rotatable bonds is 3. The standard InChI is InChI=1S/C8H19N.C6H6N6/c1-7(2,3)9-8(4,5)6;1-7-4-10-5(8-2)12-6(9-3)11-4/h9H,1-6H3;1-3H2. The largest absolute Gasteiger partial charge is 0.307 e. The lowest BCUT2D eigenvalue weighted by atomic mass is 10.0. The van der Waals surface area contributed by atoms with Gasteiger partial charge in [0.2, 0.25) is 0 Å². The first kappa shape index (κ1) is 19.0. The van der Waals surface area contributed by atoms with E-state index in [0.717, 1.165) is 0 Å². The van der Waals surface area contributed by atoms with E-state index in [-0.39, 0.29) is 28.9 Å². The van der Waals surface area contributed by atoms with Crippen molar-refractivity contribution >= 4 is 38.0 Å². The minimum Gasteiger partial charge on any atom is -0.307 e. The van der Waals surface area contributed by atoms with E-state index in [2.05, 4.69) is 96.9 Å². The van der Waals surface area contributed by atoms with Gasteiger partial charge >= 0.3 is 0 Å². The Bertz CT molecular complexity index is 418. The van der Waals surface area contributed by atoms with Gasteiger partial charge in [-0.05, 0) is 61.7 Å². The zero-order chi connectivity index (χ0) is 16.7. The summed E-state index contributed by atoms with van der Waals surface area (Å²) in [6.07, 6.45) is 0. The van der Waals surface area contributed by atoms with E-state index in [1.165, 1.54) is 0 Å². The molecule has 0 atom stereocenters. The lowest BCUT2D eigenvalue weighted by Gasteiger charge is -2.31. The molecule has 1 N–H and O–H groups in total. The van der Waals surface area contributed by atoms with E-state index in [4.69, 9.17) is 0 Å². The van der Waals surface area contributed by atoms with Crippen molar-refractivity contribution < 1.29 is 0 Å². The highest BCUT2D eigenvalue weighted by atomic mass is 15.2. The van der Waals surface area contributed by atoms with E-state index in [9.17, 15) is 0 Å². The minimum atomic E-state index is 0.162. The molecule has 1 rings (SSSR count). The van der Waals surface area contributed by atoms with Crippen LogP contribution >= 0.6 is 0 Å². The summed E-state index contributed by atoms with van der Waals surface area (Å²) in [5.41, 5.74) is 0.469. The van der Waals surface area contributed by atoms with Crippen LogP contribution in [-0.2, 0) is 0 Å². The van der Waals surface area contributed by atoms with Gasteiger partial charge in [-0.2, -0.15) is 15.0 Å². The van der Waals surface area contributed by atoms with Gasteiger partial charge in [0.1, 0.15) is 0 Å². The molecule has 116 valence electrons. The number of aromatic nitrogens is 3. The van der Waals surface area contributed by atoms with Gasteiger partial charge < -0.3 is 5.32 Å². The van der Waals surface area contributed by atoms with Gasteiger partial charge in [-0.1, -0.05) is 0 Å². The predicted molar refractivity (Wildman–Crippen MR) is 90.1 cm³/mol. The third-order valence-electron chi connectivity index (χ3n) is 1.77. The van der Waals surface area contributed by atoms with Crippen LogP contribution in [0.15, 0.2) is 15.0 Å². The third kappa shape index (κ3) is 9.50. The molecule has 0 radical (unpaired) electrons. The second kappa shape index (κ2) is 7.68. The van der Waals surface area contributed by atoms with Crippen LogP contribution in [0.2, 0.25) is 0 Å². The molecular formula is C14H25N7. The number of hydrogen-bond acceptors (Lipinski definition) is 7. The van der Waals surface area contributed by atoms with Crippen LogP contribution in [0.25, 0.3) is 0 Å². The van der Waals surface area contributed by atoms with Gasteiger partial charge in [-0.15, -0.1) is 0 Å². The van der Waals surface area contributed by atoms with Crippen LogP contribution in [0.3, 0.4) is 0 Å². The van der Waals surface area contributed by atoms with Crippen molar-refractivity contribution in [2.75, 3.05) is 0 Å². The monoisotopic (exact) mass is 291 g/mol. The van der Waals surface area contributed by atoms with E-state index >= 15 is 0 Å². The molecular weight excluding hydrogens is 266 g/mol. The quantitative estimate of drug-likeness (QED) is 0.867. The summed E-state index contributed by atoms with van der Waals surface area (Å²) in [6.45, 7) is 22.8. The van der Waals surface area contributed by atoms with Crippen molar-refractivity contribution in [3.05, 3.63) is 0 Å². The molecule has 1 aromatic rings. The molecule has 21 heavy (non-hydrogen) atoms. The zero-order valence-electron chi connectivity index (χ0n) is 13.8. The van der Waals surface area contributed by atoms with Crippen molar-refractivity contribution in [2.45, 2.75) is 52.6 Å². The molecule has 7 nitrogen and oxygen atoms in total. The summed E-state index contributed by atoms with van der Waals surface area (Å²) in [5.74, 6) is 0.486. The number of nitrogens with one attached hydrogen (secondary N) is 1. The first-order valence-corrected chi connectivity index (χ1v) is 6.46. The Labute approximate surface area is 126 Å². The molecule has 7 heteroatoms. The summed E-state index contributed by atoms with van der Waals surface area (Å²) in [7, 11) is 0. The highest BCUT2D eigenvalue weighted by Gasteiger charge is 2.18. The Hall–Kier alpha value is -2.02. The Morgan fingerprint density at radius 2 is 0.905 bits per heavy atom. The summed E-state index contributed by atoms with van der Waals surface area (Å²) in [5, 5.41) is 3.46. The van der Waals surface area contributed by atoms with Gasteiger partial charge in [-0.25, -0.2) is 15.0 Å². The fraction of sp³-hybridized carbons (Fsp3) is 0.571. The van der Waals surface area contributed by atoms with E-state index < -0.39 is 0 Å². The molecule has 0 spiro atoms. The molecule has 0 saturated heterocycles. The van der Waals surface area contributed by atoms with Crippen LogP contribution in [0.4, 0.5) is 17.8 Å². The Morgan fingerprint density at radius 1 is 0.667 bits per heavy atom. The lowest BCUT2D eigenvalue weighted by Crippen LogP contribution is -2.48. The van der Waals surface area contributed by atoms with Crippen LogP contribution in [-0.4, -0.2) is 46.2 Å². The fourth-order valence-corrected chi connectivity index (χ4v) is 1.68. The van der Waals surface area contributed by atoms with Gasteiger partial charge in [0.05, 0.1) is 0 Å². The summed E-state index contributed by atoms with van der Waals surface area (Å²) in [4.78, 5) is 21.8. The second-order valence-corrected chi connectivity index (χ2v) is 6.33. The Balaban J connectivity index is 0.000000400. The van der Waals surface area contributed by atoms with Crippen molar-refractivity contribution in [1.82, 2.24) is 20.3 Å². The SMILES string of the molecule is C=Nc1nc(N=C)nc(N=C)n1.CC(C)(C)NC(C)(C)C. The predicted octanol–water partition coefficient (Wildman–Crippen LogP) is 3.04. The highest BCUT2D eigenvalue weighted by molar-refractivity contribution is 5.44. The average Bonchev–Trinajstić information content (AvgIpc) is 2.34. The molecule has 0 fully saturated rings. The zero-order valence-corrected chi connectivity index (χ0v) is 13.8. The number of hydrogen-bond donors (Lipinski definition) is 1. The first-order valence-electron chi connectivity index (χ1n) is 6.46. The fourth-order valence-electron chi connectivity index (χ4n) is 1.68. The second-order valence-electron chi connectivity index (χ2n) is 6.33. The summed E-state index contributed by atoms with van der Waals surface area (Å²) >= 11 is 0. The summed E-state index contributed by atoms with van der Waals surface area (Å²) < 4.78 is 0. The van der Waals surface area contributed by atoms with Crippen LogP contribution in [0.1, 0.15) is 41.5 Å². The smallest absolute Gasteiger partial charge is 0.255 e. The van der Waals surface area contributed by atoms with Crippen molar-refractivity contribution in [3.8, 4) is 0 Å². The number of aliphatic imine (C=N–C) groups is 3. The molecule has 0 aliphatic heterocycles. The molecule has 0 unspecified atom stereocenters. The van der Waals surface area contributed by atoms with Crippen LogP contribution < -0.4 is 5.32 Å². The molecule has 0 bridgehead atoms. The first-order chi connectivity index (χ1) is 9.50. The van der Waals surface area contributed by atoms with Gasteiger partial charge in [0.25, 0.3) is 17.8 Å². The van der Waals surface area contributed by atoms with E-state index in [1.807, 2.05) is 0 Å². The van der Waals surface area contributed by atoms with Gasteiger partial charge in [0, 0.05) is 11.1 Å². The van der Waals surface area contributed by atoms with Crippen molar-refractivity contribution in [1.29, 1.82) is 0 Å². The Kier molecular flexibility index (Phi) is 6.94. The molecule has 0 saturated carbocycles. The molecule has 0 aliphatic rings. The average molecular weight is 291 g/mol. The van der Waals surface area contributed by atoms with Gasteiger partial charge in [-0.3, -0.25) is 0 Å². The summed E-state index contributed by atoms with van der Waals surface area (Å²) in [6, 6.07) is 0. The normalized spacial score (nSPS) is 11.1. The topological polar surface area (TPSA) is 87.8 Å². The highest BCUT2D eigenvalue weighted by Crippen LogP contribution is 2.13. The third-order valence-corrected chi connectivity index (χ3v) is 1.77. The molecule has 0 aliphatic carbocycles. The van der Waals surface area contributed by atoms with Crippen molar-refractivity contribution in [2.24, 2.45) is 15.0 Å². The van der Waals surface area contributed by atoms with Crippen LogP contribution in [0, 0.1) is 0 Å². The van der Waals surface area contributed by atoms with Crippen LogP contribution in [0.5, 0.6) is 0 Å². The number of nitrogens with zero attached hydrogens (tertiary/aromatic N) is 6.